The van der Waals surface area contributed by atoms with Crippen LogP contribution in [-0.4, -0.2) is 29.0 Å². The Bertz CT molecular complexity index is 441. The second kappa shape index (κ2) is 5.01. The maximum absolute atomic E-state index is 13.6. The van der Waals surface area contributed by atoms with Gasteiger partial charge in [-0.15, -0.1) is 0 Å². The van der Waals surface area contributed by atoms with Crippen molar-refractivity contribution in [1.29, 1.82) is 0 Å². The number of rotatable bonds is 2. The van der Waals surface area contributed by atoms with E-state index >= 15 is 0 Å². The predicted molar refractivity (Wildman–Crippen MR) is 65.4 cm³/mol. The summed E-state index contributed by atoms with van der Waals surface area (Å²) in [6.07, 6.45) is 0.806. The highest BCUT2D eigenvalue weighted by atomic mass is 79.9. The molecule has 1 saturated heterocycles. The molecule has 0 atom stereocenters. The van der Waals surface area contributed by atoms with Crippen LogP contribution in [0.15, 0.2) is 22.7 Å². The highest BCUT2D eigenvalue weighted by Crippen LogP contribution is 2.18. The van der Waals surface area contributed by atoms with Gasteiger partial charge in [0.2, 0.25) is 0 Å². The van der Waals surface area contributed by atoms with Gasteiger partial charge in [-0.3, -0.25) is 5.01 Å². The van der Waals surface area contributed by atoms with Crippen LogP contribution in [-0.2, 0) is 6.54 Å². The van der Waals surface area contributed by atoms with Crippen LogP contribution in [0.25, 0.3) is 0 Å². The molecule has 6 heteroatoms. The Hall–Kier alpha value is -1.14. The first-order chi connectivity index (χ1) is 8.08. The Morgan fingerprint density at radius 1 is 1.41 bits per heavy atom. The number of nitrogens with zero attached hydrogens (tertiary/aromatic N) is 2. The van der Waals surface area contributed by atoms with Crippen molar-refractivity contribution in [3.05, 3.63) is 34.1 Å². The van der Waals surface area contributed by atoms with Crippen molar-refractivity contribution in [2.24, 2.45) is 5.84 Å². The molecule has 0 unspecified atom stereocenters. The van der Waals surface area contributed by atoms with Gasteiger partial charge in [-0.25, -0.2) is 15.0 Å². The smallest absolute Gasteiger partial charge is 0.319 e. The lowest BCUT2D eigenvalue weighted by Gasteiger charge is -2.32. The van der Waals surface area contributed by atoms with E-state index in [0.717, 1.165) is 6.42 Å². The molecule has 0 radical (unpaired) electrons. The second-order valence-corrected chi connectivity index (χ2v) is 4.90. The van der Waals surface area contributed by atoms with Crippen LogP contribution in [0.4, 0.5) is 9.18 Å². The van der Waals surface area contributed by atoms with Crippen LogP contribution < -0.4 is 5.84 Å². The molecule has 0 aliphatic carbocycles. The van der Waals surface area contributed by atoms with E-state index in [2.05, 4.69) is 15.9 Å². The Labute approximate surface area is 107 Å². The molecule has 0 spiro atoms. The van der Waals surface area contributed by atoms with E-state index in [1.165, 1.54) is 11.1 Å². The van der Waals surface area contributed by atoms with Gasteiger partial charge in [-0.2, -0.15) is 0 Å². The molecule has 1 heterocycles. The van der Waals surface area contributed by atoms with Crippen molar-refractivity contribution in [2.45, 2.75) is 13.0 Å². The first-order valence-corrected chi connectivity index (χ1v) is 6.12. The number of benzene rings is 1. The van der Waals surface area contributed by atoms with Gasteiger partial charge >= 0.3 is 6.03 Å². The van der Waals surface area contributed by atoms with E-state index < -0.39 is 0 Å². The molecule has 0 saturated carbocycles. The highest BCUT2D eigenvalue weighted by molar-refractivity contribution is 9.10. The van der Waals surface area contributed by atoms with E-state index in [4.69, 9.17) is 5.84 Å². The van der Waals surface area contributed by atoms with Crippen LogP contribution in [0.2, 0.25) is 0 Å². The van der Waals surface area contributed by atoms with Crippen molar-refractivity contribution >= 4 is 22.0 Å². The Morgan fingerprint density at radius 3 is 2.88 bits per heavy atom. The first kappa shape index (κ1) is 12.3. The molecule has 2 amide bonds. The molecule has 2 N–H and O–H groups in total. The van der Waals surface area contributed by atoms with Gasteiger partial charge in [0.05, 0.1) is 6.54 Å². The number of hydrogen-bond donors (Lipinski definition) is 1. The fraction of sp³-hybridized carbons (Fsp3) is 0.364. The number of amides is 2. The standard InChI is InChI=1S/C11H13BrFN3O/c12-9-3-2-8(10(13)6-9)7-15-4-1-5-16(14)11(15)17/h2-3,6H,1,4-5,7,14H2. The van der Waals surface area contributed by atoms with Crippen molar-refractivity contribution in [3.8, 4) is 0 Å². The van der Waals surface area contributed by atoms with Gasteiger partial charge in [-0.05, 0) is 18.6 Å². The normalized spacial score (nSPS) is 16.5. The van der Waals surface area contributed by atoms with Gasteiger partial charge < -0.3 is 4.90 Å². The summed E-state index contributed by atoms with van der Waals surface area (Å²) in [6.45, 7) is 1.42. The number of halogens is 2. The molecule has 1 aromatic carbocycles. The number of urea groups is 1. The largest absolute Gasteiger partial charge is 0.334 e. The molecule has 1 aliphatic rings. The Kier molecular flexibility index (Phi) is 3.63. The third-order valence-electron chi connectivity index (χ3n) is 2.72. The van der Waals surface area contributed by atoms with Crippen LogP contribution in [0.1, 0.15) is 12.0 Å². The van der Waals surface area contributed by atoms with E-state index in [1.54, 1.807) is 17.0 Å². The van der Waals surface area contributed by atoms with Crippen molar-refractivity contribution in [1.82, 2.24) is 9.91 Å². The number of nitrogens with two attached hydrogens (primary N) is 1. The minimum absolute atomic E-state index is 0.251. The molecule has 1 aliphatic heterocycles. The molecule has 17 heavy (non-hydrogen) atoms. The lowest BCUT2D eigenvalue weighted by atomic mass is 10.2. The van der Waals surface area contributed by atoms with E-state index in [9.17, 15) is 9.18 Å². The third-order valence-corrected chi connectivity index (χ3v) is 3.21. The van der Waals surface area contributed by atoms with Gasteiger partial charge in [0, 0.05) is 23.1 Å². The average molecular weight is 302 g/mol. The highest BCUT2D eigenvalue weighted by Gasteiger charge is 2.23. The molecule has 4 nitrogen and oxygen atoms in total. The lowest BCUT2D eigenvalue weighted by molar-refractivity contribution is 0.126. The first-order valence-electron chi connectivity index (χ1n) is 5.33. The summed E-state index contributed by atoms with van der Waals surface area (Å²) in [4.78, 5) is 13.3. The summed E-state index contributed by atoms with van der Waals surface area (Å²) in [6, 6.07) is 4.57. The van der Waals surface area contributed by atoms with Crippen LogP contribution in [0.3, 0.4) is 0 Å². The quantitative estimate of drug-likeness (QED) is 0.672. The summed E-state index contributed by atoms with van der Waals surface area (Å²) < 4.78 is 14.3. The van der Waals surface area contributed by atoms with Crippen molar-refractivity contribution in [2.75, 3.05) is 13.1 Å². The van der Waals surface area contributed by atoms with Crippen molar-refractivity contribution in [3.63, 3.8) is 0 Å². The minimum Gasteiger partial charge on any atom is -0.319 e. The van der Waals surface area contributed by atoms with Crippen LogP contribution >= 0.6 is 15.9 Å². The topological polar surface area (TPSA) is 49.6 Å². The van der Waals surface area contributed by atoms with Gasteiger partial charge in [0.1, 0.15) is 5.82 Å². The average Bonchev–Trinajstić information content (AvgIpc) is 2.28. The van der Waals surface area contributed by atoms with Gasteiger partial charge in [-0.1, -0.05) is 22.0 Å². The van der Waals surface area contributed by atoms with E-state index in [-0.39, 0.29) is 18.4 Å². The Morgan fingerprint density at radius 2 is 2.18 bits per heavy atom. The zero-order valence-corrected chi connectivity index (χ0v) is 10.8. The van der Waals surface area contributed by atoms with E-state index in [0.29, 0.717) is 23.1 Å². The Balaban J connectivity index is 2.12. The van der Waals surface area contributed by atoms with Crippen molar-refractivity contribution < 1.29 is 9.18 Å². The van der Waals surface area contributed by atoms with E-state index in [1.807, 2.05) is 0 Å². The summed E-state index contributed by atoms with van der Waals surface area (Å²) in [5.41, 5.74) is 0.497. The number of carbonyl (C=O) groups excluding carboxylic acids is 1. The fourth-order valence-electron chi connectivity index (χ4n) is 1.81. The molecule has 0 bridgehead atoms. The molecule has 1 aromatic rings. The minimum atomic E-state index is -0.318. The molecule has 0 aromatic heterocycles. The monoisotopic (exact) mass is 301 g/mol. The number of hydrogen-bond acceptors (Lipinski definition) is 2. The van der Waals surface area contributed by atoms with Crippen LogP contribution in [0.5, 0.6) is 0 Å². The van der Waals surface area contributed by atoms with Crippen LogP contribution in [0, 0.1) is 5.82 Å². The zero-order chi connectivity index (χ0) is 12.4. The SMILES string of the molecule is NN1CCCN(Cc2ccc(Br)cc2F)C1=O. The molecule has 92 valence electrons. The predicted octanol–water partition coefficient (Wildman–Crippen LogP) is 2.09. The fourth-order valence-corrected chi connectivity index (χ4v) is 2.14. The molecular formula is C11H13BrFN3O. The maximum Gasteiger partial charge on any atom is 0.334 e. The summed E-state index contributed by atoms with van der Waals surface area (Å²) in [7, 11) is 0. The molecular weight excluding hydrogens is 289 g/mol. The number of carbonyl (C=O) groups is 1. The summed E-state index contributed by atoms with van der Waals surface area (Å²) in [5, 5.41) is 1.17. The zero-order valence-electron chi connectivity index (χ0n) is 9.20. The van der Waals surface area contributed by atoms with Gasteiger partial charge in [0.15, 0.2) is 0 Å². The molecule has 2 rings (SSSR count). The maximum atomic E-state index is 13.6. The number of hydrazine groups is 1. The van der Waals surface area contributed by atoms with Gasteiger partial charge in [0.25, 0.3) is 0 Å². The molecule has 1 fully saturated rings. The summed E-state index contributed by atoms with van der Waals surface area (Å²) >= 11 is 3.19. The second-order valence-electron chi connectivity index (χ2n) is 3.99. The lowest BCUT2D eigenvalue weighted by Crippen LogP contribution is -2.52. The third kappa shape index (κ3) is 2.76. The summed E-state index contributed by atoms with van der Waals surface area (Å²) in [5.74, 6) is 5.21.